The van der Waals surface area contributed by atoms with Crippen LogP contribution in [-0.4, -0.2) is 50.6 Å². The normalized spacial score (nSPS) is 14.5. The van der Waals surface area contributed by atoms with Crippen LogP contribution in [0.1, 0.15) is 77.0 Å². The van der Waals surface area contributed by atoms with E-state index in [0.29, 0.717) is 12.8 Å². The summed E-state index contributed by atoms with van der Waals surface area (Å²) in [6, 6.07) is 18.6. The first-order valence-corrected chi connectivity index (χ1v) is 11.6. The molecule has 1 atom stereocenters. The van der Waals surface area contributed by atoms with Gasteiger partial charge in [-0.2, -0.15) is 0 Å². The van der Waals surface area contributed by atoms with Gasteiger partial charge in [0, 0.05) is 6.54 Å². The summed E-state index contributed by atoms with van der Waals surface area (Å²) < 4.78 is 0. The van der Waals surface area contributed by atoms with E-state index in [0.717, 1.165) is 41.7 Å². The number of hydrogen-bond acceptors (Lipinski definition) is 4. The Morgan fingerprint density at radius 2 is 1.31 bits per heavy atom. The molecule has 1 aliphatic rings. The second-order valence-electron chi connectivity index (χ2n) is 8.70. The molecule has 4 rings (SSSR count). The van der Waals surface area contributed by atoms with E-state index in [4.69, 9.17) is 0 Å². The minimum absolute atomic E-state index is 0.268. The molecule has 0 aliphatic heterocycles. The molecule has 0 fully saturated rings. The number of carboxylic acids is 3. The van der Waals surface area contributed by atoms with Crippen LogP contribution in [-0.2, 0) is 12.8 Å². The minimum Gasteiger partial charge on any atom is -0.478 e. The number of aryl methyl sites for hydroxylation is 1. The summed E-state index contributed by atoms with van der Waals surface area (Å²) in [4.78, 5) is 51.0. The number of nitrogens with zero attached hydrogens (tertiary/aromatic N) is 1. The Kier molecular flexibility index (Phi) is 7.15. The van der Waals surface area contributed by atoms with Gasteiger partial charge >= 0.3 is 17.9 Å². The number of hydrogen-bond donors (Lipinski definition) is 3. The number of aromatic carboxylic acids is 3. The quantitative estimate of drug-likeness (QED) is 0.425. The molecule has 3 N–H and O–H groups in total. The van der Waals surface area contributed by atoms with Crippen molar-refractivity contribution in [3.8, 4) is 0 Å². The van der Waals surface area contributed by atoms with Crippen LogP contribution in [0.4, 0.5) is 0 Å². The zero-order valence-corrected chi connectivity index (χ0v) is 19.4. The highest BCUT2D eigenvalue weighted by atomic mass is 16.4. The van der Waals surface area contributed by atoms with Crippen molar-refractivity contribution >= 4 is 23.8 Å². The van der Waals surface area contributed by atoms with Gasteiger partial charge in [-0.3, -0.25) is 4.79 Å². The molecule has 0 saturated carbocycles. The lowest BCUT2D eigenvalue weighted by Gasteiger charge is -2.36. The van der Waals surface area contributed by atoms with E-state index in [-0.39, 0.29) is 18.2 Å². The number of carbonyl (C=O) groups excluding carboxylic acids is 1. The van der Waals surface area contributed by atoms with Crippen molar-refractivity contribution in [1.82, 2.24) is 4.90 Å². The first-order valence-electron chi connectivity index (χ1n) is 11.6. The molecule has 184 valence electrons. The van der Waals surface area contributed by atoms with Crippen LogP contribution in [0.5, 0.6) is 0 Å². The van der Waals surface area contributed by atoms with Gasteiger partial charge in [-0.05, 0) is 54.5 Å². The molecule has 1 amide bonds. The standard InChI is InChI=1S/C28H25NO7/c30-25(20-15-22(27(33)34)23(28(35)36)16-21(20)26(31)32)29(14-13-17-7-2-1-3-8-17)24-12-6-10-18-9-4-5-11-19(18)24/h1-5,7-9,11,15-16,24H,6,10,12-14H2,(H,31,32)(H,33,34)(H,35,36)/t24-/m0/s1. The van der Waals surface area contributed by atoms with Gasteiger partial charge < -0.3 is 20.2 Å². The van der Waals surface area contributed by atoms with Gasteiger partial charge in [0.05, 0.1) is 28.3 Å². The second kappa shape index (κ2) is 10.4. The number of carbonyl (C=O) groups is 4. The molecule has 8 heteroatoms. The first kappa shape index (κ1) is 24.7. The Labute approximate surface area is 207 Å². The fourth-order valence-electron chi connectivity index (χ4n) is 4.81. The van der Waals surface area contributed by atoms with Crippen LogP contribution in [0.3, 0.4) is 0 Å². The van der Waals surface area contributed by atoms with Crippen LogP contribution in [0.2, 0.25) is 0 Å². The molecule has 0 radical (unpaired) electrons. The number of benzene rings is 3. The van der Waals surface area contributed by atoms with Crippen molar-refractivity contribution in [2.24, 2.45) is 0 Å². The molecule has 3 aromatic carbocycles. The maximum Gasteiger partial charge on any atom is 0.336 e. The van der Waals surface area contributed by atoms with Crippen molar-refractivity contribution in [2.45, 2.75) is 31.7 Å². The van der Waals surface area contributed by atoms with E-state index in [2.05, 4.69) is 0 Å². The Morgan fingerprint density at radius 3 is 1.94 bits per heavy atom. The maximum atomic E-state index is 14.0. The van der Waals surface area contributed by atoms with E-state index >= 15 is 0 Å². The molecule has 0 aromatic heterocycles. The zero-order valence-electron chi connectivity index (χ0n) is 19.4. The summed E-state index contributed by atoms with van der Waals surface area (Å²) in [5.41, 5.74) is 0.862. The highest BCUT2D eigenvalue weighted by Gasteiger charge is 2.33. The molecular formula is C28H25NO7. The van der Waals surface area contributed by atoms with Crippen molar-refractivity contribution in [3.05, 3.63) is 106 Å². The number of rotatable bonds is 8. The summed E-state index contributed by atoms with van der Waals surface area (Å²) in [6.07, 6.45) is 2.87. The lowest BCUT2D eigenvalue weighted by atomic mass is 9.86. The van der Waals surface area contributed by atoms with Crippen molar-refractivity contribution in [1.29, 1.82) is 0 Å². The van der Waals surface area contributed by atoms with Crippen LogP contribution in [0, 0.1) is 0 Å². The summed E-state index contributed by atoms with van der Waals surface area (Å²) in [7, 11) is 0. The van der Waals surface area contributed by atoms with Gasteiger partial charge in [0.2, 0.25) is 0 Å². The molecule has 1 aliphatic carbocycles. The average Bonchev–Trinajstić information content (AvgIpc) is 2.88. The van der Waals surface area contributed by atoms with E-state index in [9.17, 15) is 34.5 Å². The maximum absolute atomic E-state index is 14.0. The van der Waals surface area contributed by atoms with E-state index < -0.39 is 40.5 Å². The highest BCUT2D eigenvalue weighted by Crippen LogP contribution is 2.36. The minimum atomic E-state index is -1.59. The Bertz CT molecular complexity index is 1330. The molecule has 36 heavy (non-hydrogen) atoms. The predicted octanol–water partition coefficient (Wildman–Crippen LogP) is 4.54. The van der Waals surface area contributed by atoms with Gasteiger partial charge in [-0.25, -0.2) is 14.4 Å². The van der Waals surface area contributed by atoms with E-state index in [1.807, 2.05) is 54.6 Å². The predicted molar refractivity (Wildman–Crippen MR) is 131 cm³/mol. The number of carboxylic acid groups (broad SMARTS) is 3. The number of fused-ring (bicyclic) bond motifs is 1. The first-order chi connectivity index (χ1) is 17.3. The fraction of sp³-hybridized carbons (Fsp3) is 0.214. The number of amides is 1. The van der Waals surface area contributed by atoms with Gasteiger partial charge in [-0.1, -0.05) is 54.6 Å². The van der Waals surface area contributed by atoms with Crippen molar-refractivity contribution in [3.63, 3.8) is 0 Å². The molecule has 0 spiro atoms. The molecule has 0 bridgehead atoms. The largest absolute Gasteiger partial charge is 0.478 e. The molecule has 0 unspecified atom stereocenters. The zero-order chi connectivity index (χ0) is 25.8. The molecule has 3 aromatic rings. The molecule has 0 saturated heterocycles. The average molecular weight is 488 g/mol. The third-order valence-corrected chi connectivity index (χ3v) is 6.54. The summed E-state index contributed by atoms with van der Waals surface area (Å²) in [5.74, 6) is -5.30. The van der Waals surface area contributed by atoms with Gasteiger partial charge in [-0.15, -0.1) is 0 Å². The lowest BCUT2D eigenvalue weighted by molar-refractivity contribution is 0.0624. The highest BCUT2D eigenvalue weighted by molar-refractivity contribution is 6.10. The van der Waals surface area contributed by atoms with Crippen LogP contribution >= 0.6 is 0 Å². The third-order valence-electron chi connectivity index (χ3n) is 6.54. The molecule has 8 nitrogen and oxygen atoms in total. The van der Waals surface area contributed by atoms with Gasteiger partial charge in [0.15, 0.2) is 0 Å². The Balaban J connectivity index is 1.83. The second-order valence-corrected chi connectivity index (χ2v) is 8.70. The topological polar surface area (TPSA) is 132 Å². The fourth-order valence-corrected chi connectivity index (χ4v) is 4.81. The SMILES string of the molecule is O=C(O)c1cc(C(=O)O)c(C(=O)N(CCc2ccccc2)[C@H]2CCCc3ccccc32)cc1C(=O)O. The Morgan fingerprint density at radius 1 is 0.750 bits per heavy atom. The summed E-state index contributed by atoms with van der Waals surface area (Å²) in [5, 5.41) is 28.8. The van der Waals surface area contributed by atoms with Crippen molar-refractivity contribution < 1.29 is 34.5 Å². The molecule has 0 heterocycles. The van der Waals surface area contributed by atoms with Gasteiger partial charge in [0.1, 0.15) is 0 Å². The van der Waals surface area contributed by atoms with Gasteiger partial charge in [0.25, 0.3) is 5.91 Å². The van der Waals surface area contributed by atoms with E-state index in [1.165, 1.54) is 0 Å². The third kappa shape index (κ3) is 4.98. The van der Waals surface area contributed by atoms with Crippen molar-refractivity contribution in [2.75, 3.05) is 6.54 Å². The van der Waals surface area contributed by atoms with Crippen LogP contribution < -0.4 is 0 Å². The Hall–Kier alpha value is -4.46. The summed E-state index contributed by atoms with van der Waals surface area (Å²) >= 11 is 0. The van der Waals surface area contributed by atoms with Crippen LogP contribution in [0.25, 0.3) is 0 Å². The smallest absolute Gasteiger partial charge is 0.336 e. The summed E-state index contributed by atoms with van der Waals surface area (Å²) in [6.45, 7) is 0.268. The lowest BCUT2D eigenvalue weighted by Crippen LogP contribution is -2.39. The van der Waals surface area contributed by atoms with Crippen LogP contribution in [0.15, 0.2) is 66.7 Å². The molecular weight excluding hydrogens is 462 g/mol. The monoisotopic (exact) mass is 487 g/mol. The van der Waals surface area contributed by atoms with E-state index in [1.54, 1.807) is 4.90 Å².